The van der Waals surface area contributed by atoms with Gasteiger partial charge in [0, 0.05) is 38.7 Å². The Kier molecular flexibility index (Phi) is 5.59. The molecule has 0 aliphatic rings. The van der Waals surface area contributed by atoms with Crippen molar-refractivity contribution in [3.05, 3.63) is 60.7 Å². The Labute approximate surface area is 129 Å². The molecule has 2 rings (SSSR count). The van der Waals surface area contributed by atoms with Crippen LogP contribution in [0.3, 0.4) is 0 Å². The Morgan fingerprint density at radius 1 is 1.32 bits per heavy atom. The summed E-state index contributed by atoms with van der Waals surface area (Å²) in [6.07, 6.45) is 7.55. The predicted octanol–water partition coefficient (Wildman–Crippen LogP) is 1.78. The Balaban J connectivity index is 1.96. The zero-order valence-electron chi connectivity index (χ0n) is 12.6. The van der Waals surface area contributed by atoms with Gasteiger partial charge in [-0.1, -0.05) is 6.08 Å². The molecule has 6 nitrogen and oxygen atoms in total. The standard InChI is InChI=1S/C16H19N5O/c1-3-8-18-16-19-11-6-14(20-16)15(22)21(2)12-7-13-4-9-17-10-5-13/h3-6,9-11H,1,7-8,12H2,2H3,(H,18,19,20). The fraction of sp³-hybridized carbons (Fsp3) is 0.250. The Morgan fingerprint density at radius 2 is 2.09 bits per heavy atom. The topological polar surface area (TPSA) is 71.0 Å². The van der Waals surface area contributed by atoms with Gasteiger partial charge in [0.15, 0.2) is 0 Å². The smallest absolute Gasteiger partial charge is 0.272 e. The molecule has 0 fully saturated rings. The minimum atomic E-state index is -0.127. The number of nitrogens with zero attached hydrogens (tertiary/aromatic N) is 4. The van der Waals surface area contributed by atoms with E-state index in [1.165, 1.54) is 0 Å². The van der Waals surface area contributed by atoms with Gasteiger partial charge in [-0.2, -0.15) is 0 Å². The molecule has 0 aromatic carbocycles. The summed E-state index contributed by atoms with van der Waals surface area (Å²) in [7, 11) is 1.77. The maximum atomic E-state index is 12.4. The van der Waals surface area contributed by atoms with Gasteiger partial charge in [-0.25, -0.2) is 9.97 Å². The van der Waals surface area contributed by atoms with Crippen molar-refractivity contribution in [2.45, 2.75) is 6.42 Å². The van der Waals surface area contributed by atoms with Gasteiger partial charge < -0.3 is 10.2 Å². The summed E-state index contributed by atoms with van der Waals surface area (Å²) >= 11 is 0. The summed E-state index contributed by atoms with van der Waals surface area (Å²) in [5, 5.41) is 2.97. The van der Waals surface area contributed by atoms with Gasteiger partial charge in [0.2, 0.25) is 5.95 Å². The highest BCUT2D eigenvalue weighted by Crippen LogP contribution is 2.05. The zero-order valence-corrected chi connectivity index (χ0v) is 12.6. The van der Waals surface area contributed by atoms with Crippen LogP contribution in [0.2, 0.25) is 0 Å². The first-order valence-electron chi connectivity index (χ1n) is 7.03. The molecule has 0 spiro atoms. The first-order valence-corrected chi connectivity index (χ1v) is 7.03. The number of carbonyl (C=O) groups excluding carboxylic acids is 1. The SMILES string of the molecule is C=CCNc1nccc(C(=O)N(C)CCc2ccncc2)n1. The number of rotatable bonds is 7. The van der Waals surface area contributed by atoms with Crippen molar-refractivity contribution in [1.82, 2.24) is 19.9 Å². The second-order valence-corrected chi connectivity index (χ2v) is 4.77. The molecule has 0 saturated heterocycles. The number of hydrogen-bond donors (Lipinski definition) is 1. The van der Waals surface area contributed by atoms with Crippen LogP contribution in [0.15, 0.2) is 49.4 Å². The molecule has 0 aliphatic heterocycles. The number of nitrogens with one attached hydrogen (secondary N) is 1. The summed E-state index contributed by atoms with van der Waals surface area (Å²) in [5.41, 5.74) is 1.52. The molecule has 0 saturated carbocycles. The highest BCUT2D eigenvalue weighted by molar-refractivity contribution is 5.92. The van der Waals surface area contributed by atoms with Crippen molar-refractivity contribution < 1.29 is 4.79 Å². The molecule has 0 atom stereocenters. The Bertz CT molecular complexity index is 629. The van der Waals surface area contributed by atoms with Crippen LogP contribution in [-0.2, 0) is 6.42 Å². The lowest BCUT2D eigenvalue weighted by Crippen LogP contribution is -2.29. The van der Waals surface area contributed by atoms with Crippen LogP contribution in [0.1, 0.15) is 16.1 Å². The molecular weight excluding hydrogens is 278 g/mol. The minimum Gasteiger partial charge on any atom is -0.351 e. The predicted molar refractivity (Wildman–Crippen MR) is 85.6 cm³/mol. The molecule has 2 heterocycles. The first-order chi connectivity index (χ1) is 10.7. The highest BCUT2D eigenvalue weighted by Gasteiger charge is 2.13. The summed E-state index contributed by atoms with van der Waals surface area (Å²) in [6.45, 7) is 4.78. The largest absolute Gasteiger partial charge is 0.351 e. The Morgan fingerprint density at radius 3 is 2.82 bits per heavy atom. The van der Waals surface area contributed by atoms with Crippen molar-refractivity contribution in [3.8, 4) is 0 Å². The molecule has 1 amide bonds. The second kappa shape index (κ2) is 7.87. The van der Waals surface area contributed by atoms with E-state index in [4.69, 9.17) is 0 Å². The van der Waals surface area contributed by atoms with E-state index in [-0.39, 0.29) is 5.91 Å². The van der Waals surface area contributed by atoms with Gasteiger partial charge >= 0.3 is 0 Å². The van der Waals surface area contributed by atoms with Crippen molar-refractivity contribution >= 4 is 11.9 Å². The van der Waals surface area contributed by atoms with Crippen LogP contribution >= 0.6 is 0 Å². The van der Waals surface area contributed by atoms with Crippen molar-refractivity contribution in [2.24, 2.45) is 0 Å². The summed E-state index contributed by atoms with van der Waals surface area (Å²) in [5.74, 6) is 0.298. The maximum absolute atomic E-state index is 12.4. The molecule has 0 unspecified atom stereocenters. The monoisotopic (exact) mass is 297 g/mol. The first kappa shape index (κ1) is 15.6. The number of likely N-dealkylation sites (N-methyl/N-ethyl adjacent to an activating group) is 1. The number of carbonyl (C=O) groups is 1. The lowest BCUT2D eigenvalue weighted by atomic mass is 10.2. The lowest BCUT2D eigenvalue weighted by Gasteiger charge is -2.16. The number of aromatic nitrogens is 3. The molecule has 22 heavy (non-hydrogen) atoms. The van der Waals surface area contributed by atoms with E-state index in [1.807, 2.05) is 12.1 Å². The maximum Gasteiger partial charge on any atom is 0.272 e. The van der Waals surface area contributed by atoms with Crippen molar-refractivity contribution in [3.63, 3.8) is 0 Å². The van der Waals surface area contributed by atoms with Gasteiger partial charge in [0.1, 0.15) is 5.69 Å². The van der Waals surface area contributed by atoms with Gasteiger partial charge in [-0.05, 0) is 30.2 Å². The number of amides is 1. The van der Waals surface area contributed by atoms with E-state index >= 15 is 0 Å². The van der Waals surface area contributed by atoms with E-state index in [1.54, 1.807) is 42.7 Å². The normalized spacial score (nSPS) is 10.0. The molecule has 0 radical (unpaired) electrons. The number of anilines is 1. The second-order valence-electron chi connectivity index (χ2n) is 4.77. The van der Waals surface area contributed by atoms with E-state index in [0.717, 1.165) is 12.0 Å². The van der Waals surface area contributed by atoms with E-state index < -0.39 is 0 Å². The van der Waals surface area contributed by atoms with Gasteiger partial charge in [0.05, 0.1) is 0 Å². The van der Waals surface area contributed by atoms with Crippen molar-refractivity contribution in [1.29, 1.82) is 0 Å². The lowest BCUT2D eigenvalue weighted by molar-refractivity contribution is 0.0791. The van der Waals surface area contributed by atoms with Crippen LogP contribution in [-0.4, -0.2) is 45.9 Å². The van der Waals surface area contributed by atoms with Crippen LogP contribution in [0.4, 0.5) is 5.95 Å². The van der Waals surface area contributed by atoms with E-state index in [9.17, 15) is 4.79 Å². The number of pyridine rings is 1. The third-order valence-electron chi connectivity index (χ3n) is 3.11. The fourth-order valence-corrected chi connectivity index (χ4v) is 1.87. The summed E-state index contributed by atoms with van der Waals surface area (Å²) in [6, 6.07) is 5.50. The molecule has 0 bridgehead atoms. The van der Waals surface area contributed by atoms with Crippen LogP contribution in [0.25, 0.3) is 0 Å². The van der Waals surface area contributed by atoms with Gasteiger partial charge in [-0.15, -0.1) is 6.58 Å². The van der Waals surface area contributed by atoms with Gasteiger partial charge in [-0.3, -0.25) is 9.78 Å². The minimum absolute atomic E-state index is 0.127. The quantitative estimate of drug-likeness (QED) is 0.789. The molecule has 2 aromatic rings. The Hall–Kier alpha value is -2.76. The average Bonchev–Trinajstić information content (AvgIpc) is 2.58. The highest BCUT2D eigenvalue weighted by atomic mass is 16.2. The van der Waals surface area contributed by atoms with E-state index in [2.05, 4.69) is 26.8 Å². The van der Waals surface area contributed by atoms with E-state index in [0.29, 0.717) is 24.7 Å². The fourth-order valence-electron chi connectivity index (χ4n) is 1.87. The molecule has 1 N–H and O–H groups in total. The summed E-state index contributed by atoms with van der Waals surface area (Å²) in [4.78, 5) is 26.3. The number of hydrogen-bond acceptors (Lipinski definition) is 5. The van der Waals surface area contributed by atoms with Crippen LogP contribution in [0, 0.1) is 0 Å². The van der Waals surface area contributed by atoms with Gasteiger partial charge in [0.25, 0.3) is 5.91 Å². The molecule has 0 aliphatic carbocycles. The molecular formula is C16H19N5O. The third-order valence-corrected chi connectivity index (χ3v) is 3.11. The van der Waals surface area contributed by atoms with Crippen LogP contribution in [0.5, 0.6) is 0 Å². The molecule has 2 aromatic heterocycles. The summed E-state index contributed by atoms with van der Waals surface area (Å²) < 4.78 is 0. The average molecular weight is 297 g/mol. The molecule has 114 valence electrons. The van der Waals surface area contributed by atoms with Crippen molar-refractivity contribution in [2.75, 3.05) is 25.5 Å². The third kappa shape index (κ3) is 4.37. The molecule has 6 heteroatoms. The zero-order chi connectivity index (χ0) is 15.8. The van der Waals surface area contributed by atoms with Crippen LogP contribution < -0.4 is 5.32 Å².